The maximum Gasteiger partial charge on any atom is 0.191 e. The third-order valence-corrected chi connectivity index (χ3v) is 6.45. The molecule has 9 heteroatoms. The highest BCUT2D eigenvalue weighted by atomic mass is 127. The molecule has 7 nitrogen and oxygen atoms in total. The standard InChI is InChI=1S/C17H31N7S.HI/c1-5-18-16(19-11-17(23(3)4)8-9-25-12-17)21-14-6-7-15-20-13(2)22-24(15)10-14;/h14H,5-12H2,1-4H3,(H2,18,19,21);1H. The Kier molecular flexibility index (Phi) is 8.02. The molecule has 2 aliphatic rings. The molecular weight excluding hydrogens is 461 g/mol. The number of hydrogen-bond acceptors (Lipinski definition) is 5. The largest absolute Gasteiger partial charge is 0.357 e. The van der Waals surface area contributed by atoms with Gasteiger partial charge in [-0.25, -0.2) is 9.67 Å². The summed E-state index contributed by atoms with van der Waals surface area (Å²) in [5.41, 5.74) is 0.190. The highest BCUT2D eigenvalue weighted by Crippen LogP contribution is 2.32. The smallest absolute Gasteiger partial charge is 0.191 e. The van der Waals surface area contributed by atoms with Crippen LogP contribution in [0.2, 0.25) is 0 Å². The van der Waals surface area contributed by atoms with E-state index >= 15 is 0 Å². The molecule has 0 aliphatic carbocycles. The highest BCUT2D eigenvalue weighted by Gasteiger charge is 2.36. The molecule has 2 N–H and O–H groups in total. The molecule has 2 unspecified atom stereocenters. The zero-order valence-electron chi connectivity index (χ0n) is 16.3. The van der Waals surface area contributed by atoms with Crippen LogP contribution >= 0.6 is 35.7 Å². The molecule has 2 atom stereocenters. The molecule has 0 aromatic carbocycles. The van der Waals surface area contributed by atoms with Crippen molar-refractivity contribution in [3.8, 4) is 0 Å². The second-order valence-corrected chi connectivity index (χ2v) is 8.36. The fourth-order valence-corrected chi connectivity index (χ4v) is 5.05. The summed E-state index contributed by atoms with van der Waals surface area (Å²) in [6, 6.07) is 0.347. The minimum absolute atomic E-state index is 0. The molecule has 0 amide bonds. The van der Waals surface area contributed by atoms with Gasteiger partial charge in [0.25, 0.3) is 0 Å². The fourth-order valence-electron chi connectivity index (χ4n) is 3.51. The maximum absolute atomic E-state index is 4.94. The quantitative estimate of drug-likeness (QED) is 0.368. The lowest BCUT2D eigenvalue weighted by atomic mass is 9.98. The molecule has 0 saturated carbocycles. The van der Waals surface area contributed by atoms with Crippen molar-refractivity contribution in [3.05, 3.63) is 11.6 Å². The Bertz CT molecular complexity index is 610. The van der Waals surface area contributed by atoms with Crippen LogP contribution in [-0.2, 0) is 13.0 Å². The molecule has 1 saturated heterocycles. The summed E-state index contributed by atoms with van der Waals surface area (Å²) in [5, 5.41) is 11.5. The van der Waals surface area contributed by atoms with Gasteiger partial charge in [0.15, 0.2) is 5.96 Å². The number of thioether (sulfide) groups is 1. The second-order valence-electron chi connectivity index (χ2n) is 7.25. The number of aromatic nitrogens is 3. The van der Waals surface area contributed by atoms with Crippen molar-refractivity contribution in [1.29, 1.82) is 0 Å². The molecule has 1 fully saturated rings. The number of nitrogens with zero attached hydrogens (tertiary/aromatic N) is 5. The molecule has 0 radical (unpaired) electrons. The van der Waals surface area contributed by atoms with E-state index in [1.807, 2.05) is 23.4 Å². The SMILES string of the molecule is CCNC(=NCC1(N(C)C)CCSC1)NC1CCc2nc(C)nn2C1.I. The molecule has 2 aliphatic heterocycles. The zero-order chi connectivity index (χ0) is 17.9. The van der Waals surface area contributed by atoms with E-state index in [9.17, 15) is 0 Å². The van der Waals surface area contributed by atoms with E-state index in [0.717, 1.165) is 55.8 Å². The average Bonchev–Trinajstić information content (AvgIpc) is 3.19. The van der Waals surface area contributed by atoms with Gasteiger partial charge in [-0.2, -0.15) is 16.9 Å². The number of rotatable bonds is 5. The minimum Gasteiger partial charge on any atom is -0.357 e. The molecule has 148 valence electrons. The van der Waals surface area contributed by atoms with Gasteiger partial charge in [0.05, 0.1) is 13.1 Å². The number of halogens is 1. The third-order valence-electron chi connectivity index (χ3n) is 5.21. The van der Waals surface area contributed by atoms with Crippen LogP contribution in [0.5, 0.6) is 0 Å². The summed E-state index contributed by atoms with van der Waals surface area (Å²) in [6.07, 6.45) is 3.24. The van der Waals surface area contributed by atoms with Crippen molar-refractivity contribution in [1.82, 2.24) is 30.3 Å². The molecule has 3 rings (SSSR count). The van der Waals surface area contributed by atoms with Crippen LogP contribution in [0.4, 0.5) is 0 Å². The first-order valence-electron chi connectivity index (χ1n) is 9.23. The number of nitrogens with one attached hydrogen (secondary N) is 2. The number of likely N-dealkylation sites (N-methyl/N-ethyl adjacent to an activating group) is 1. The van der Waals surface area contributed by atoms with Gasteiger partial charge in [0.2, 0.25) is 0 Å². The van der Waals surface area contributed by atoms with Crippen molar-refractivity contribution in [2.45, 2.75) is 51.2 Å². The van der Waals surface area contributed by atoms with E-state index in [1.165, 1.54) is 12.2 Å². The number of fused-ring (bicyclic) bond motifs is 1. The van der Waals surface area contributed by atoms with E-state index in [4.69, 9.17) is 4.99 Å². The van der Waals surface area contributed by atoms with Gasteiger partial charge in [0.1, 0.15) is 11.6 Å². The second kappa shape index (κ2) is 9.59. The lowest BCUT2D eigenvalue weighted by molar-refractivity contribution is 0.190. The maximum atomic E-state index is 4.94. The Hall–Kier alpha value is -0.550. The first kappa shape index (κ1) is 21.7. The van der Waals surface area contributed by atoms with Crippen molar-refractivity contribution < 1.29 is 0 Å². The molecule has 3 heterocycles. The summed E-state index contributed by atoms with van der Waals surface area (Å²) < 4.78 is 2.04. The van der Waals surface area contributed by atoms with Gasteiger partial charge in [0, 0.05) is 30.3 Å². The van der Waals surface area contributed by atoms with Crippen LogP contribution in [0.15, 0.2) is 4.99 Å². The number of aryl methyl sites for hydroxylation is 2. The van der Waals surface area contributed by atoms with Gasteiger partial charge >= 0.3 is 0 Å². The molecule has 1 aromatic heterocycles. The predicted octanol–water partition coefficient (Wildman–Crippen LogP) is 1.51. The third kappa shape index (κ3) is 5.03. The number of aliphatic imine (C=N–C) groups is 1. The summed E-state index contributed by atoms with van der Waals surface area (Å²) in [5.74, 6) is 5.28. The van der Waals surface area contributed by atoms with E-state index in [0.29, 0.717) is 6.04 Å². The van der Waals surface area contributed by atoms with Gasteiger partial charge in [-0.3, -0.25) is 4.99 Å². The Morgan fingerprint density at radius 2 is 2.27 bits per heavy atom. The highest BCUT2D eigenvalue weighted by molar-refractivity contribution is 14.0. The molecular formula is C17H32IN7S. The summed E-state index contributed by atoms with van der Waals surface area (Å²) in [7, 11) is 4.36. The van der Waals surface area contributed by atoms with Crippen LogP contribution in [0.3, 0.4) is 0 Å². The van der Waals surface area contributed by atoms with Crippen LogP contribution in [-0.4, -0.2) is 75.9 Å². The topological polar surface area (TPSA) is 70.4 Å². The summed E-state index contributed by atoms with van der Waals surface area (Å²) in [4.78, 5) is 11.8. The lowest BCUT2D eigenvalue weighted by Crippen LogP contribution is -2.50. The fraction of sp³-hybridized carbons (Fsp3) is 0.824. The van der Waals surface area contributed by atoms with Gasteiger partial charge in [-0.15, -0.1) is 24.0 Å². The van der Waals surface area contributed by atoms with E-state index in [2.05, 4.69) is 46.6 Å². The molecule has 0 spiro atoms. The normalized spacial score (nSPS) is 25.7. The van der Waals surface area contributed by atoms with Gasteiger partial charge in [-0.1, -0.05) is 0 Å². The Labute approximate surface area is 178 Å². The molecule has 1 aromatic rings. The van der Waals surface area contributed by atoms with Crippen LogP contribution in [0, 0.1) is 6.92 Å². The Morgan fingerprint density at radius 3 is 2.92 bits per heavy atom. The van der Waals surface area contributed by atoms with Crippen molar-refractivity contribution in [2.75, 3.05) is 38.7 Å². The number of guanidine groups is 1. The average molecular weight is 493 g/mol. The molecule has 26 heavy (non-hydrogen) atoms. The van der Waals surface area contributed by atoms with Crippen LogP contribution in [0.1, 0.15) is 31.4 Å². The van der Waals surface area contributed by atoms with Gasteiger partial charge < -0.3 is 15.5 Å². The first-order chi connectivity index (χ1) is 12.0. The lowest BCUT2D eigenvalue weighted by Gasteiger charge is -2.34. The summed E-state index contributed by atoms with van der Waals surface area (Å²) in [6.45, 7) is 6.64. The monoisotopic (exact) mass is 493 g/mol. The number of hydrogen-bond donors (Lipinski definition) is 2. The van der Waals surface area contributed by atoms with Crippen molar-refractivity contribution >= 4 is 41.7 Å². The first-order valence-corrected chi connectivity index (χ1v) is 10.4. The zero-order valence-corrected chi connectivity index (χ0v) is 19.4. The van der Waals surface area contributed by atoms with E-state index in [1.54, 1.807) is 0 Å². The van der Waals surface area contributed by atoms with Gasteiger partial charge in [-0.05, 0) is 46.5 Å². The molecule has 0 bridgehead atoms. The van der Waals surface area contributed by atoms with E-state index < -0.39 is 0 Å². The Balaban J connectivity index is 0.00000243. The Morgan fingerprint density at radius 1 is 1.46 bits per heavy atom. The van der Waals surface area contributed by atoms with Crippen molar-refractivity contribution in [3.63, 3.8) is 0 Å². The van der Waals surface area contributed by atoms with E-state index in [-0.39, 0.29) is 29.5 Å². The predicted molar refractivity (Wildman–Crippen MR) is 120 cm³/mol. The van der Waals surface area contributed by atoms with Crippen LogP contribution < -0.4 is 10.6 Å². The summed E-state index contributed by atoms with van der Waals surface area (Å²) >= 11 is 2.03. The van der Waals surface area contributed by atoms with Crippen molar-refractivity contribution in [2.24, 2.45) is 4.99 Å². The van der Waals surface area contributed by atoms with Crippen LogP contribution in [0.25, 0.3) is 0 Å². The minimum atomic E-state index is 0.